The molecule has 0 saturated heterocycles. The summed E-state index contributed by atoms with van der Waals surface area (Å²) in [5.74, 6) is 0. The minimum Gasteiger partial charge on any atom is -0.388 e. The standard InChI is InChI=1S/C12H15F3N2O3S/c13-12(14,15)9-6-8(2-3-10(9)21(16,19)20)17-7-11(18)4-1-5-11/h2-3,6,17-18H,1,4-5,7H2,(H2,16,19,20). The Morgan fingerprint density at radius 2 is 1.95 bits per heavy atom. The van der Waals surface area contributed by atoms with E-state index in [4.69, 9.17) is 5.14 Å². The molecule has 1 fully saturated rings. The molecule has 118 valence electrons. The second-order valence-electron chi connectivity index (χ2n) is 5.19. The van der Waals surface area contributed by atoms with Crippen LogP contribution in [0.3, 0.4) is 0 Å². The van der Waals surface area contributed by atoms with Crippen LogP contribution >= 0.6 is 0 Å². The molecule has 1 aromatic rings. The van der Waals surface area contributed by atoms with Crippen molar-refractivity contribution in [2.75, 3.05) is 11.9 Å². The van der Waals surface area contributed by atoms with E-state index in [1.165, 1.54) is 6.07 Å². The van der Waals surface area contributed by atoms with Crippen LogP contribution in [0.15, 0.2) is 23.1 Å². The third-order valence-corrected chi connectivity index (χ3v) is 4.47. The Labute approximate surface area is 120 Å². The van der Waals surface area contributed by atoms with Crippen LogP contribution in [-0.4, -0.2) is 25.7 Å². The van der Waals surface area contributed by atoms with E-state index in [0.29, 0.717) is 18.9 Å². The number of sulfonamides is 1. The number of nitrogens with two attached hydrogens (primary N) is 1. The number of hydrogen-bond donors (Lipinski definition) is 3. The smallest absolute Gasteiger partial charge is 0.388 e. The van der Waals surface area contributed by atoms with E-state index in [2.05, 4.69) is 5.32 Å². The van der Waals surface area contributed by atoms with E-state index in [0.717, 1.165) is 12.5 Å². The minimum absolute atomic E-state index is 0.0788. The van der Waals surface area contributed by atoms with Crippen molar-refractivity contribution in [3.63, 3.8) is 0 Å². The van der Waals surface area contributed by atoms with Crippen LogP contribution in [0.1, 0.15) is 24.8 Å². The molecule has 0 spiro atoms. The predicted octanol–water partition coefficient (Wildman–Crippen LogP) is 1.68. The lowest BCUT2D eigenvalue weighted by molar-refractivity contribution is -0.139. The molecule has 0 heterocycles. The maximum absolute atomic E-state index is 12.9. The number of halogens is 3. The van der Waals surface area contributed by atoms with Crippen molar-refractivity contribution in [1.29, 1.82) is 0 Å². The average Bonchev–Trinajstić information content (AvgIpc) is 2.31. The Kier molecular flexibility index (Phi) is 3.94. The van der Waals surface area contributed by atoms with Crippen LogP contribution in [0, 0.1) is 0 Å². The molecule has 0 amide bonds. The van der Waals surface area contributed by atoms with Gasteiger partial charge in [-0.25, -0.2) is 13.6 Å². The van der Waals surface area contributed by atoms with Crippen LogP contribution in [0.2, 0.25) is 0 Å². The van der Waals surface area contributed by atoms with Gasteiger partial charge in [-0.1, -0.05) is 0 Å². The number of rotatable bonds is 4. The second-order valence-corrected chi connectivity index (χ2v) is 6.72. The zero-order valence-corrected chi connectivity index (χ0v) is 11.8. The van der Waals surface area contributed by atoms with Gasteiger partial charge in [0.05, 0.1) is 16.1 Å². The van der Waals surface area contributed by atoms with Crippen molar-refractivity contribution in [1.82, 2.24) is 0 Å². The van der Waals surface area contributed by atoms with Gasteiger partial charge in [-0.3, -0.25) is 0 Å². The fourth-order valence-electron chi connectivity index (χ4n) is 2.14. The molecular formula is C12H15F3N2O3S. The summed E-state index contributed by atoms with van der Waals surface area (Å²) >= 11 is 0. The molecule has 0 aliphatic heterocycles. The number of benzene rings is 1. The maximum Gasteiger partial charge on any atom is 0.417 e. The lowest BCUT2D eigenvalue weighted by Gasteiger charge is -2.36. The molecule has 1 aliphatic carbocycles. The van der Waals surface area contributed by atoms with Crippen LogP contribution in [0.5, 0.6) is 0 Å². The van der Waals surface area contributed by atoms with Crippen molar-refractivity contribution < 1.29 is 26.7 Å². The van der Waals surface area contributed by atoms with Crippen molar-refractivity contribution in [3.05, 3.63) is 23.8 Å². The van der Waals surface area contributed by atoms with Gasteiger partial charge >= 0.3 is 6.18 Å². The highest BCUT2D eigenvalue weighted by molar-refractivity contribution is 7.89. The molecule has 21 heavy (non-hydrogen) atoms. The summed E-state index contributed by atoms with van der Waals surface area (Å²) in [6.45, 7) is 0.110. The van der Waals surface area contributed by atoms with Gasteiger partial charge in [0, 0.05) is 12.2 Å². The summed E-state index contributed by atoms with van der Waals surface area (Å²) in [4.78, 5) is -0.970. The summed E-state index contributed by atoms with van der Waals surface area (Å²) in [5, 5.41) is 17.4. The fourth-order valence-corrected chi connectivity index (χ4v) is 2.88. The number of primary sulfonamides is 1. The third-order valence-electron chi connectivity index (χ3n) is 3.50. The number of nitrogens with one attached hydrogen (secondary N) is 1. The van der Waals surface area contributed by atoms with Crippen LogP contribution < -0.4 is 10.5 Å². The highest BCUT2D eigenvalue weighted by Crippen LogP contribution is 2.36. The van der Waals surface area contributed by atoms with E-state index < -0.39 is 32.3 Å². The largest absolute Gasteiger partial charge is 0.417 e. The van der Waals surface area contributed by atoms with Gasteiger partial charge in [0.25, 0.3) is 0 Å². The molecule has 1 aliphatic rings. The van der Waals surface area contributed by atoms with Gasteiger partial charge < -0.3 is 10.4 Å². The molecule has 1 saturated carbocycles. The van der Waals surface area contributed by atoms with Crippen LogP contribution in [0.25, 0.3) is 0 Å². The fraction of sp³-hybridized carbons (Fsp3) is 0.500. The predicted molar refractivity (Wildman–Crippen MR) is 70.1 cm³/mol. The molecule has 2 rings (SSSR count). The highest BCUT2D eigenvalue weighted by Gasteiger charge is 2.37. The Morgan fingerprint density at radius 3 is 2.38 bits per heavy atom. The van der Waals surface area contributed by atoms with E-state index in [1.807, 2.05) is 0 Å². The minimum atomic E-state index is -4.84. The Morgan fingerprint density at radius 1 is 1.33 bits per heavy atom. The molecule has 0 bridgehead atoms. The van der Waals surface area contributed by atoms with Crippen molar-refractivity contribution >= 4 is 15.7 Å². The maximum atomic E-state index is 12.9. The van der Waals surface area contributed by atoms with Gasteiger partial charge in [0.1, 0.15) is 0 Å². The zero-order valence-electron chi connectivity index (χ0n) is 10.9. The molecule has 4 N–H and O–H groups in total. The normalized spacial score (nSPS) is 18.1. The van der Waals surface area contributed by atoms with Crippen molar-refractivity contribution in [2.45, 2.75) is 35.9 Å². The van der Waals surface area contributed by atoms with Gasteiger partial charge in [0.15, 0.2) is 0 Å². The lowest BCUT2D eigenvalue weighted by Crippen LogP contribution is -2.43. The zero-order chi connectivity index (χ0) is 15.9. The molecule has 5 nitrogen and oxygen atoms in total. The molecule has 9 heteroatoms. The van der Waals surface area contributed by atoms with Crippen LogP contribution in [-0.2, 0) is 16.2 Å². The molecule has 0 unspecified atom stereocenters. The first-order valence-corrected chi connectivity index (χ1v) is 7.76. The van der Waals surface area contributed by atoms with Gasteiger partial charge in [0.2, 0.25) is 10.0 Å². The molecule has 0 aromatic heterocycles. The Hall–Kier alpha value is -1.32. The Balaban J connectivity index is 2.29. The molecule has 1 aromatic carbocycles. The molecular weight excluding hydrogens is 309 g/mol. The van der Waals surface area contributed by atoms with Gasteiger partial charge in [-0.15, -0.1) is 0 Å². The molecule has 0 atom stereocenters. The van der Waals surface area contributed by atoms with Gasteiger partial charge in [-0.2, -0.15) is 13.2 Å². The van der Waals surface area contributed by atoms with Crippen molar-refractivity contribution in [3.8, 4) is 0 Å². The third kappa shape index (κ3) is 3.66. The van der Waals surface area contributed by atoms with E-state index in [-0.39, 0.29) is 12.2 Å². The van der Waals surface area contributed by atoms with Crippen LogP contribution in [0.4, 0.5) is 18.9 Å². The second kappa shape index (κ2) is 5.15. The summed E-state index contributed by atoms with van der Waals surface area (Å²) in [7, 11) is -4.47. The SMILES string of the molecule is NS(=O)(=O)c1ccc(NCC2(O)CCC2)cc1C(F)(F)F. The highest BCUT2D eigenvalue weighted by atomic mass is 32.2. The summed E-state index contributed by atoms with van der Waals surface area (Å²) in [6, 6.07) is 2.68. The topological polar surface area (TPSA) is 92.4 Å². The number of hydrogen-bond acceptors (Lipinski definition) is 4. The number of aliphatic hydroxyl groups is 1. The quantitative estimate of drug-likeness (QED) is 0.786. The number of anilines is 1. The lowest BCUT2D eigenvalue weighted by atomic mass is 9.80. The summed E-state index contributed by atoms with van der Waals surface area (Å²) < 4.78 is 61.1. The van der Waals surface area contributed by atoms with E-state index in [1.54, 1.807) is 0 Å². The van der Waals surface area contributed by atoms with E-state index >= 15 is 0 Å². The summed E-state index contributed by atoms with van der Waals surface area (Å²) in [5.41, 5.74) is -2.15. The van der Waals surface area contributed by atoms with Crippen molar-refractivity contribution in [2.24, 2.45) is 5.14 Å². The summed E-state index contributed by atoms with van der Waals surface area (Å²) in [6.07, 6.45) is -2.80. The van der Waals surface area contributed by atoms with E-state index in [9.17, 15) is 26.7 Å². The van der Waals surface area contributed by atoms with Gasteiger partial charge in [-0.05, 0) is 37.5 Å². The number of alkyl halides is 3. The average molecular weight is 324 g/mol. The first-order valence-electron chi connectivity index (χ1n) is 6.22. The first-order chi connectivity index (χ1) is 9.51. The molecule has 0 radical (unpaired) electrons. The Bertz CT molecular complexity index is 640. The first kappa shape index (κ1) is 16.1. The monoisotopic (exact) mass is 324 g/mol.